The Labute approximate surface area is 122 Å². The van der Waals surface area contributed by atoms with E-state index >= 15 is 0 Å². The van der Waals surface area contributed by atoms with E-state index in [-0.39, 0.29) is 22.7 Å². The van der Waals surface area contributed by atoms with E-state index in [0.29, 0.717) is 25.1 Å². The Morgan fingerprint density at radius 2 is 2.15 bits per heavy atom. The second kappa shape index (κ2) is 6.59. The monoisotopic (exact) mass is 300 g/mol. The molecular weight excluding hydrogens is 280 g/mol. The highest BCUT2D eigenvalue weighted by molar-refractivity contribution is 6.30. The van der Waals surface area contributed by atoms with Crippen molar-refractivity contribution in [3.05, 3.63) is 31.6 Å². The summed E-state index contributed by atoms with van der Waals surface area (Å²) in [6.45, 7) is 5.13. The lowest BCUT2D eigenvalue weighted by Gasteiger charge is -2.18. The molecule has 20 heavy (non-hydrogen) atoms. The summed E-state index contributed by atoms with van der Waals surface area (Å²) in [5, 5.41) is 0.174. The molecule has 5 nitrogen and oxygen atoms in total. The van der Waals surface area contributed by atoms with Crippen LogP contribution in [0, 0.1) is 5.92 Å². The van der Waals surface area contributed by atoms with Crippen LogP contribution in [0.2, 0.25) is 5.15 Å². The van der Waals surface area contributed by atoms with Gasteiger partial charge in [0.25, 0.3) is 5.56 Å². The molecule has 112 valence electrons. The molecule has 0 aromatic carbocycles. The van der Waals surface area contributed by atoms with E-state index in [1.165, 1.54) is 4.57 Å². The largest absolute Gasteiger partial charge is 0.378 e. The van der Waals surface area contributed by atoms with Crippen LogP contribution >= 0.6 is 11.6 Å². The molecule has 0 radical (unpaired) electrons. The van der Waals surface area contributed by atoms with Gasteiger partial charge >= 0.3 is 5.69 Å². The lowest BCUT2D eigenvalue weighted by atomic mass is 9.99. The smallest absolute Gasteiger partial charge is 0.329 e. The topological polar surface area (TPSA) is 64.1 Å². The molecule has 6 heteroatoms. The van der Waals surface area contributed by atoms with Crippen molar-refractivity contribution in [2.24, 2.45) is 5.92 Å². The molecule has 0 aliphatic carbocycles. The Balaban J connectivity index is 2.34. The Kier molecular flexibility index (Phi) is 5.05. The summed E-state index contributed by atoms with van der Waals surface area (Å²) in [5.74, 6) is 0.217. The average Bonchev–Trinajstić information content (AvgIpc) is 2.86. The van der Waals surface area contributed by atoms with Crippen molar-refractivity contribution in [2.45, 2.75) is 52.2 Å². The van der Waals surface area contributed by atoms with Gasteiger partial charge in [-0.2, -0.15) is 0 Å². The van der Waals surface area contributed by atoms with Gasteiger partial charge in [0.05, 0.1) is 11.7 Å². The zero-order valence-electron chi connectivity index (χ0n) is 11.9. The highest BCUT2D eigenvalue weighted by atomic mass is 35.5. The second-order valence-electron chi connectivity index (χ2n) is 5.25. The van der Waals surface area contributed by atoms with Gasteiger partial charge in [0.15, 0.2) is 0 Å². The molecule has 2 unspecified atom stereocenters. The van der Waals surface area contributed by atoms with Crippen LogP contribution in [-0.2, 0) is 17.7 Å². The second-order valence-corrected chi connectivity index (χ2v) is 5.63. The number of H-pyrrole nitrogens is 1. The quantitative estimate of drug-likeness (QED) is 0.846. The summed E-state index contributed by atoms with van der Waals surface area (Å²) in [7, 11) is 0. The van der Waals surface area contributed by atoms with Gasteiger partial charge in [-0.15, -0.1) is 0 Å². The van der Waals surface area contributed by atoms with Crippen molar-refractivity contribution in [3.8, 4) is 0 Å². The molecule has 2 heterocycles. The van der Waals surface area contributed by atoms with E-state index in [9.17, 15) is 9.59 Å². The first-order valence-electron chi connectivity index (χ1n) is 7.21. The number of hydrogen-bond donors (Lipinski definition) is 1. The Bertz CT molecular complexity index is 579. The average molecular weight is 301 g/mol. The van der Waals surface area contributed by atoms with Gasteiger partial charge in [0.2, 0.25) is 0 Å². The van der Waals surface area contributed by atoms with Gasteiger partial charge in [-0.25, -0.2) is 4.79 Å². The van der Waals surface area contributed by atoms with E-state index in [0.717, 1.165) is 19.3 Å². The van der Waals surface area contributed by atoms with Gasteiger partial charge in [-0.05, 0) is 19.3 Å². The maximum atomic E-state index is 12.4. The van der Waals surface area contributed by atoms with E-state index in [1.807, 2.05) is 6.92 Å². The van der Waals surface area contributed by atoms with E-state index < -0.39 is 5.69 Å². The molecule has 1 aliphatic heterocycles. The first kappa shape index (κ1) is 15.3. The number of aromatic nitrogens is 2. The van der Waals surface area contributed by atoms with Crippen LogP contribution in [0.1, 0.15) is 38.7 Å². The Hall–Kier alpha value is -1.07. The number of ether oxygens (including phenoxy) is 1. The van der Waals surface area contributed by atoms with Crippen LogP contribution in [-0.4, -0.2) is 22.3 Å². The summed E-state index contributed by atoms with van der Waals surface area (Å²) in [5.41, 5.74) is -0.190. The molecule has 1 aromatic rings. The molecule has 1 aromatic heterocycles. The zero-order chi connectivity index (χ0) is 14.7. The zero-order valence-corrected chi connectivity index (χ0v) is 12.7. The summed E-state index contributed by atoms with van der Waals surface area (Å²) < 4.78 is 6.89. The molecule has 2 rings (SSSR count). The molecule has 0 amide bonds. The highest BCUT2D eigenvalue weighted by Crippen LogP contribution is 2.24. The van der Waals surface area contributed by atoms with E-state index in [2.05, 4.69) is 11.9 Å². The lowest BCUT2D eigenvalue weighted by Crippen LogP contribution is -2.40. The van der Waals surface area contributed by atoms with Crippen molar-refractivity contribution in [1.29, 1.82) is 0 Å². The minimum absolute atomic E-state index is 0.131. The number of halogens is 1. The third kappa shape index (κ3) is 2.99. The van der Waals surface area contributed by atoms with Gasteiger partial charge < -0.3 is 4.74 Å². The van der Waals surface area contributed by atoms with Crippen molar-refractivity contribution in [3.63, 3.8) is 0 Å². The predicted molar refractivity (Wildman–Crippen MR) is 78.5 cm³/mol. The molecule has 1 N–H and O–H groups in total. The van der Waals surface area contributed by atoms with Gasteiger partial charge in [0.1, 0.15) is 5.15 Å². The fourth-order valence-corrected chi connectivity index (χ4v) is 3.06. The van der Waals surface area contributed by atoms with Gasteiger partial charge in [0, 0.05) is 19.1 Å². The summed E-state index contributed by atoms with van der Waals surface area (Å²) in [6.07, 6.45) is 3.30. The predicted octanol–water partition coefficient (Wildman–Crippen LogP) is 1.96. The maximum absolute atomic E-state index is 12.4. The molecule has 1 aliphatic rings. The van der Waals surface area contributed by atoms with Crippen LogP contribution in [0.5, 0.6) is 0 Å². The molecule has 1 fully saturated rings. The van der Waals surface area contributed by atoms with Crippen molar-refractivity contribution >= 4 is 11.6 Å². The van der Waals surface area contributed by atoms with E-state index in [4.69, 9.17) is 16.3 Å². The fourth-order valence-electron chi connectivity index (χ4n) is 2.81. The van der Waals surface area contributed by atoms with Crippen LogP contribution < -0.4 is 11.2 Å². The minimum Gasteiger partial charge on any atom is -0.378 e. The maximum Gasteiger partial charge on any atom is 0.329 e. The highest BCUT2D eigenvalue weighted by Gasteiger charge is 2.28. The lowest BCUT2D eigenvalue weighted by molar-refractivity contribution is 0.0829. The van der Waals surface area contributed by atoms with Crippen molar-refractivity contribution in [2.75, 3.05) is 6.61 Å². The van der Waals surface area contributed by atoms with Crippen molar-refractivity contribution in [1.82, 2.24) is 9.55 Å². The molecule has 0 saturated carbocycles. The number of rotatable bonds is 5. The summed E-state index contributed by atoms with van der Waals surface area (Å²) >= 11 is 5.96. The van der Waals surface area contributed by atoms with Crippen LogP contribution in [0.15, 0.2) is 9.59 Å². The summed E-state index contributed by atoms with van der Waals surface area (Å²) in [6, 6.07) is 0. The molecule has 0 spiro atoms. The molecule has 2 atom stereocenters. The fraction of sp³-hybridized carbons (Fsp3) is 0.714. The van der Waals surface area contributed by atoms with Gasteiger partial charge in [-0.3, -0.25) is 14.3 Å². The molecule has 1 saturated heterocycles. The third-order valence-corrected chi connectivity index (χ3v) is 4.22. The van der Waals surface area contributed by atoms with Crippen LogP contribution in [0.4, 0.5) is 0 Å². The van der Waals surface area contributed by atoms with Crippen molar-refractivity contribution < 1.29 is 4.74 Å². The van der Waals surface area contributed by atoms with Crippen LogP contribution in [0.3, 0.4) is 0 Å². The Morgan fingerprint density at radius 3 is 2.80 bits per heavy atom. The minimum atomic E-state index is -0.429. The van der Waals surface area contributed by atoms with E-state index in [1.54, 1.807) is 0 Å². The normalized spacial score (nSPS) is 22.4. The SMILES string of the molecule is CCCc1c(Cl)[nH]c(=O)n(CC2CCOC2CC)c1=O. The first-order chi connectivity index (χ1) is 9.58. The summed E-state index contributed by atoms with van der Waals surface area (Å²) in [4.78, 5) is 27.0. The number of nitrogens with one attached hydrogen (secondary N) is 1. The third-order valence-electron chi connectivity index (χ3n) is 3.90. The standard InChI is InChI=1S/C14H21ClN2O3/c1-3-5-10-12(15)16-14(19)17(13(10)18)8-9-6-7-20-11(9)4-2/h9,11H,3-8H2,1-2H3,(H,16,19). The number of nitrogens with zero attached hydrogens (tertiary/aromatic N) is 1. The molecule has 0 bridgehead atoms. The van der Waals surface area contributed by atoms with Gasteiger partial charge in [-0.1, -0.05) is 31.9 Å². The van der Waals surface area contributed by atoms with Crippen LogP contribution in [0.25, 0.3) is 0 Å². The first-order valence-corrected chi connectivity index (χ1v) is 7.59. The number of aromatic amines is 1. The Morgan fingerprint density at radius 1 is 1.40 bits per heavy atom. The molecular formula is C14H21ClN2O3. The number of hydrogen-bond acceptors (Lipinski definition) is 3.